The van der Waals surface area contributed by atoms with Crippen LogP contribution in [0, 0.1) is 0 Å². The molecule has 0 radical (unpaired) electrons. The van der Waals surface area contributed by atoms with Gasteiger partial charge in [-0.15, -0.1) is 0 Å². The second kappa shape index (κ2) is 7.42. The molecule has 1 aromatic heterocycles. The first kappa shape index (κ1) is 18.9. The molecule has 23 heavy (non-hydrogen) atoms. The van der Waals surface area contributed by atoms with Gasteiger partial charge in [0.05, 0.1) is 25.0 Å². The maximum absolute atomic E-state index is 12.1. The molecule has 0 unspecified atom stereocenters. The van der Waals surface area contributed by atoms with Crippen molar-refractivity contribution in [3.63, 3.8) is 0 Å². The van der Waals surface area contributed by atoms with E-state index in [2.05, 4.69) is 4.72 Å². The quantitative estimate of drug-likeness (QED) is 0.248. The Hall–Kier alpha value is -2.13. The highest BCUT2D eigenvalue weighted by Gasteiger charge is 2.16. The van der Waals surface area contributed by atoms with Crippen LogP contribution in [0.25, 0.3) is 0 Å². The monoisotopic (exact) mass is 361 g/mol. The number of aryl methyl sites for hydroxylation is 2. The molecule has 0 saturated carbocycles. The molecule has 1 aromatic carbocycles. The molecule has 0 fully saturated rings. The van der Waals surface area contributed by atoms with Gasteiger partial charge >= 0.3 is 0 Å². The van der Waals surface area contributed by atoms with Gasteiger partial charge in [-0.3, -0.25) is 4.72 Å². The Kier molecular flexibility index (Phi) is 6.11. The number of aromatic hydroxyl groups is 1. The first-order chi connectivity index (χ1) is 10.3. The number of nitrogens with two attached hydrogens (primary N) is 2. The van der Waals surface area contributed by atoms with Crippen LogP contribution in [0.5, 0.6) is 5.75 Å². The molecular formula is C13H20ClN5O3S. The fourth-order valence-electron chi connectivity index (χ4n) is 2.06. The molecule has 6 N–H and O–H groups in total. The van der Waals surface area contributed by atoms with Gasteiger partial charge in [0.1, 0.15) is 23.8 Å². The van der Waals surface area contributed by atoms with Crippen LogP contribution in [0.2, 0.25) is 0 Å². The summed E-state index contributed by atoms with van der Waals surface area (Å²) in [4.78, 5) is 0. The summed E-state index contributed by atoms with van der Waals surface area (Å²) in [6.45, 7) is 0.574. The molecule has 2 rings (SSSR count). The average molecular weight is 362 g/mol. The van der Waals surface area contributed by atoms with Gasteiger partial charge in [0.15, 0.2) is 0 Å². The summed E-state index contributed by atoms with van der Waals surface area (Å²) in [5.41, 5.74) is 11.5. The summed E-state index contributed by atoms with van der Waals surface area (Å²) in [6.07, 6.45) is 6.03. The molecular weight excluding hydrogens is 342 g/mol. The van der Waals surface area contributed by atoms with E-state index in [-0.39, 0.29) is 41.0 Å². The third-order valence-corrected chi connectivity index (χ3v) is 4.42. The third-order valence-electron chi connectivity index (χ3n) is 3.08. The van der Waals surface area contributed by atoms with Gasteiger partial charge in [-0.2, -0.15) is 0 Å². The van der Waals surface area contributed by atoms with E-state index in [1.165, 1.54) is 12.1 Å². The topological polar surface area (TPSA) is 127 Å². The number of nitrogens with one attached hydrogen (secondary N) is 1. The predicted molar refractivity (Wildman–Crippen MR) is 84.6 cm³/mol. The lowest BCUT2D eigenvalue weighted by Gasteiger charge is -2.12. The van der Waals surface area contributed by atoms with Crippen LogP contribution in [0.15, 0.2) is 30.9 Å². The first-order valence-electron chi connectivity index (χ1n) is 6.66. The van der Waals surface area contributed by atoms with Crippen molar-refractivity contribution in [2.75, 3.05) is 21.9 Å². The van der Waals surface area contributed by atoms with Crippen LogP contribution in [-0.2, 0) is 23.6 Å². The molecule has 128 valence electrons. The minimum absolute atomic E-state index is 0. The van der Waals surface area contributed by atoms with Gasteiger partial charge in [0, 0.05) is 18.2 Å². The zero-order chi connectivity index (χ0) is 16.3. The lowest BCUT2D eigenvalue weighted by atomic mass is 10.2. The van der Waals surface area contributed by atoms with Gasteiger partial charge in [-0.1, -0.05) is 0 Å². The molecule has 1 heterocycles. The number of anilines is 3. The number of imidazole rings is 1. The minimum Gasteiger partial charge on any atom is -1.00 e. The number of nitrogens with zero attached hydrogens (tertiary/aromatic N) is 2. The largest absolute Gasteiger partial charge is 1.00 e. The molecule has 8 nitrogen and oxygen atoms in total. The van der Waals surface area contributed by atoms with Gasteiger partial charge in [0.25, 0.3) is 0 Å². The van der Waals surface area contributed by atoms with Crippen molar-refractivity contribution in [3.8, 4) is 5.75 Å². The number of phenolic OH excluding ortho intramolecular Hbond substituents is 1. The average Bonchev–Trinajstić information content (AvgIpc) is 2.79. The second-order valence-corrected chi connectivity index (χ2v) is 6.94. The molecule has 0 bridgehead atoms. The summed E-state index contributed by atoms with van der Waals surface area (Å²) in [6, 6.07) is 2.63. The standard InChI is InChI=1S/C13H19N5O3S.ClH/c1-17-4-5-18(9-17)3-2-6-22(20,21)16-13-11(15)7-10(14)8-12(13)19;/h4-5,7-9,16H,2-3,6,14-15H2,1H3;1H. The SMILES string of the molecule is C[n+]1ccn(CCCS(=O)(=O)Nc2c(N)cc(N)cc2O)c1.[Cl-]. The number of hydrogen-bond donors (Lipinski definition) is 4. The number of sulfonamides is 1. The van der Waals surface area contributed by atoms with Crippen molar-refractivity contribution in [2.24, 2.45) is 7.05 Å². The Bertz CT molecular complexity index is 753. The smallest absolute Gasteiger partial charge is 0.243 e. The molecule has 10 heteroatoms. The summed E-state index contributed by atoms with van der Waals surface area (Å²) >= 11 is 0. The van der Waals surface area contributed by atoms with E-state index in [0.717, 1.165) is 0 Å². The first-order valence-corrected chi connectivity index (χ1v) is 8.31. The summed E-state index contributed by atoms with van der Waals surface area (Å²) < 4.78 is 30.2. The zero-order valence-electron chi connectivity index (χ0n) is 12.6. The Morgan fingerprint density at radius 3 is 2.61 bits per heavy atom. The van der Waals surface area contributed by atoms with Crippen LogP contribution in [0.3, 0.4) is 0 Å². The van der Waals surface area contributed by atoms with E-state index in [0.29, 0.717) is 13.0 Å². The number of nitrogen functional groups attached to an aromatic ring is 2. The van der Waals surface area contributed by atoms with E-state index in [9.17, 15) is 13.5 Å². The van der Waals surface area contributed by atoms with E-state index in [4.69, 9.17) is 11.5 Å². The molecule has 0 atom stereocenters. The Morgan fingerprint density at radius 1 is 1.35 bits per heavy atom. The number of aromatic nitrogens is 2. The zero-order valence-corrected chi connectivity index (χ0v) is 14.2. The molecule has 0 aliphatic carbocycles. The number of benzene rings is 1. The van der Waals surface area contributed by atoms with Crippen LogP contribution in [-0.4, -0.2) is 23.8 Å². The number of rotatable bonds is 6. The highest BCUT2D eigenvalue weighted by atomic mass is 35.5. The molecule has 0 aliphatic heterocycles. The lowest BCUT2D eigenvalue weighted by Crippen LogP contribution is -3.00. The third kappa shape index (κ3) is 5.22. The Balaban J connectivity index is 0.00000264. The van der Waals surface area contributed by atoms with Crippen molar-refractivity contribution in [1.82, 2.24) is 4.57 Å². The van der Waals surface area contributed by atoms with E-state index < -0.39 is 10.0 Å². The molecule has 0 saturated heterocycles. The predicted octanol–water partition coefficient (Wildman–Crippen LogP) is -2.98. The molecule has 2 aromatic rings. The Labute approximate surface area is 141 Å². The second-order valence-electron chi connectivity index (χ2n) is 5.10. The van der Waals surface area contributed by atoms with Crippen molar-refractivity contribution >= 4 is 27.1 Å². The van der Waals surface area contributed by atoms with Gasteiger partial charge in [-0.25, -0.2) is 17.6 Å². The fourth-order valence-corrected chi connectivity index (χ4v) is 3.20. The van der Waals surface area contributed by atoms with Crippen molar-refractivity contribution in [2.45, 2.75) is 13.0 Å². The van der Waals surface area contributed by atoms with Crippen LogP contribution in [0.4, 0.5) is 17.1 Å². The normalized spacial score (nSPS) is 11.0. The van der Waals surface area contributed by atoms with Crippen molar-refractivity contribution < 1.29 is 30.5 Å². The summed E-state index contributed by atoms with van der Waals surface area (Å²) in [5, 5.41) is 9.75. The lowest BCUT2D eigenvalue weighted by molar-refractivity contribution is -0.671. The van der Waals surface area contributed by atoms with Gasteiger partial charge in [-0.05, 0) is 6.07 Å². The van der Waals surface area contributed by atoms with Crippen LogP contribution in [0.1, 0.15) is 6.42 Å². The Morgan fingerprint density at radius 2 is 2.04 bits per heavy atom. The van der Waals surface area contributed by atoms with Crippen molar-refractivity contribution in [3.05, 3.63) is 30.9 Å². The summed E-state index contributed by atoms with van der Waals surface area (Å²) in [7, 11) is -1.72. The molecule has 0 spiro atoms. The number of hydrogen-bond acceptors (Lipinski definition) is 5. The van der Waals surface area contributed by atoms with Gasteiger partial charge < -0.3 is 29.0 Å². The van der Waals surface area contributed by atoms with Crippen LogP contribution < -0.4 is 33.2 Å². The van der Waals surface area contributed by atoms with Gasteiger partial charge in [0.2, 0.25) is 16.4 Å². The van der Waals surface area contributed by atoms with E-state index in [1.807, 2.05) is 34.9 Å². The number of phenols is 1. The maximum atomic E-state index is 12.1. The summed E-state index contributed by atoms with van der Waals surface area (Å²) in [5.74, 6) is -0.378. The highest BCUT2D eigenvalue weighted by molar-refractivity contribution is 7.92. The van der Waals surface area contributed by atoms with Crippen molar-refractivity contribution in [1.29, 1.82) is 0 Å². The highest BCUT2D eigenvalue weighted by Crippen LogP contribution is 2.33. The molecule has 0 aliphatic rings. The van der Waals surface area contributed by atoms with E-state index >= 15 is 0 Å². The number of halogens is 1. The molecule has 0 amide bonds. The fraction of sp³-hybridized carbons (Fsp3) is 0.308. The minimum atomic E-state index is -3.61. The van der Waals surface area contributed by atoms with E-state index in [1.54, 1.807) is 0 Å². The van der Waals surface area contributed by atoms with Crippen LogP contribution >= 0.6 is 0 Å². The maximum Gasteiger partial charge on any atom is 0.243 e.